The number of carbonyl (C=O) groups is 1. The molecular formula is C17H16O3. The Morgan fingerprint density at radius 1 is 1.05 bits per heavy atom. The van der Waals surface area contributed by atoms with Crippen molar-refractivity contribution in [2.24, 2.45) is 0 Å². The van der Waals surface area contributed by atoms with Crippen molar-refractivity contribution < 1.29 is 14.6 Å². The van der Waals surface area contributed by atoms with Gasteiger partial charge in [0, 0.05) is 5.56 Å². The standard InChI is InChI=1S/C17H16O3/c18-17(19)16(13-5-2-1-3-6-13)20-15-10-9-12-7-4-8-14(12)11-15/h1-3,5-6,9-11,16H,4,7-8H2,(H,18,19). The lowest BCUT2D eigenvalue weighted by molar-refractivity contribution is -0.145. The molecule has 0 aliphatic heterocycles. The summed E-state index contributed by atoms with van der Waals surface area (Å²) < 4.78 is 5.69. The normalized spacial score (nSPS) is 14.6. The lowest BCUT2D eigenvalue weighted by Gasteiger charge is -2.16. The number of benzene rings is 2. The molecule has 0 saturated carbocycles. The maximum atomic E-state index is 11.4. The van der Waals surface area contributed by atoms with E-state index in [9.17, 15) is 9.90 Å². The van der Waals surface area contributed by atoms with Gasteiger partial charge in [0.25, 0.3) is 0 Å². The minimum absolute atomic E-state index is 0.627. The summed E-state index contributed by atoms with van der Waals surface area (Å²) in [5.41, 5.74) is 3.28. The van der Waals surface area contributed by atoms with Crippen LogP contribution in [0.25, 0.3) is 0 Å². The molecule has 1 aliphatic rings. The molecule has 2 aromatic rings. The third kappa shape index (κ3) is 2.52. The topological polar surface area (TPSA) is 46.5 Å². The number of rotatable bonds is 4. The third-order valence-electron chi connectivity index (χ3n) is 3.65. The molecule has 0 spiro atoms. The summed E-state index contributed by atoms with van der Waals surface area (Å²) in [6, 6.07) is 14.9. The Kier molecular flexibility index (Phi) is 3.42. The van der Waals surface area contributed by atoms with E-state index in [4.69, 9.17) is 4.74 Å². The van der Waals surface area contributed by atoms with Gasteiger partial charge in [-0.05, 0) is 42.5 Å². The molecule has 0 aromatic heterocycles. The van der Waals surface area contributed by atoms with E-state index < -0.39 is 12.1 Å². The number of carboxylic acids is 1. The van der Waals surface area contributed by atoms with Gasteiger partial charge in [0.1, 0.15) is 5.75 Å². The maximum Gasteiger partial charge on any atom is 0.349 e. The van der Waals surface area contributed by atoms with Gasteiger partial charge < -0.3 is 9.84 Å². The van der Waals surface area contributed by atoms with Crippen LogP contribution in [0.2, 0.25) is 0 Å². The van der Waals surface area contributed by atoms with Gasteiger partial charge in [-0.15, -0.1) is 0 Å². The van der Waals surface area contributed by atoms with Crippen molar-refractivity contribution in [1.82, 2.24) is 0 Å². The molecule has 0 fully saturated rings. The summed E-state index contributed by atoms with van der Waals surface area (Å²) in [6.07, 6.45) is 2.36. The van der Waals surface area contributed by atoms with E-state index in [-0.39, 0.29) is 0 Å². The van der Waals surface area contributed by atoms with Gasteiger partial charge in [-0.25, -0.2) is 4.79 Å². The molecule has 2 aromatic carbocycles. The lowest BCUT2D eigenvalue weighted by Crippen LogP contribution is -2.18. The number of aliphatic carboxylic acids is 1. The van der Waals surface area contributed by atoms with E-state index in [1.807, 2.05) is 36.4 Å². The summed E-state index contributed by atoms with van der Waals surface area (Å²) in [5.74, 6) is -0.349. The van der Waals surface area contributed by atoms with Crippen molar-refractivity contribution in [3.63, 3.8) is 0 Å². The summed E-state index contributed by atoms with van der Waals surface area (Å²) in [7, 11) is 0. The van der Waals surface area contributed by atoms with E-state index in [0.717, 1.165) is 12.8 Å². The molecule has 3 rings (SSSR count). The molecule has 0 amide bonds. The smallest absolute Gasteiger partial charge is 0.349 e. The van der Waals surface area contributed by atoms with Gasteiger partial charge in [-0.2, -0.15) is 0 Å². The van der Waals surface area contributed by atoms with Crippen LogP contribution in [0, 0.1) is 0 Å². The van der Waals surface area contributed by atoms with E-state index in [1.54, 1.807) is 12.1 Å². The van der Waals surface area contributed by atoms with E-state index in [2.05, 4.69) is 0 Å². The fourth-order valence-corrected chi connectivity index (χ4v) is 2.65. The Morgan fingerprint density at radius 3 is 2.55 bits per heavy atom. The molecule has 3 heteroatoms. The second-order valence-electron chi connectivity index (χ2n) is 5.03. The zero-order valence-electron chi connectivity index (χ0n) is 11.1. The van der Waals surface area contributed by atoms with Gasteiger partial charge in [0.15, 0.2) is 0 Å². The Bertz CT molecular complexity index is 619. The van der Waals surface area contributed by atoms with Crippen LogP contribution in [0.15, 0.2) is 48.5 Å². The fraction of sp³-hybridized carbons (Fsp3) is 0.235. The Balaban J connectivity index is 1.86. The van der Waals surface area contributed by atoms with Crippen LogP contribution in [-0.4, -0.2) is 11.1 Å². The largest absolute Gasteiger partial charge is 0.478 e. The second kappa shape index (κ2) is 5.37. The molecule has 0 bridgehead atoms. The zero-order valence-corrected chi connectivity index (χ0v) is 11.1. The van der Waals surface area contributed by atoms with Gasteiger partial charge in [-0.3, -0.25) is 0 Å². The first-order valence-electron chi connectivity index (χ1n) is 6.80. The SMILES string of the molecule is O=C(O)C(Oc1ccc2c(c1)CCC2)c1ccccc1. The Labute approximate surface area is 117 Å². The predicted molar refractivity (Wildman–Crippen MR) is 75.9 cm³/mol. The highest BCUT2D eigenvalue weighted by atomic mass is 16.5. The molecule has 3 nitrogen and oxygen atoms in total. The van der Waals surface area contributed by atoms with Crippen LogP contribution in [0.5, 0.6) is 5.75 Å². The number of hydrogen-bond acceptors (Lipinski definition) is 2. The van der Waals surface area contributed by atoms with Crippen molar-refractivity contribution in [3.8, 4) is 5.75 Å². The number of hydrogen-bond donors (Lipinski definition) is 1. The van der Waals surface area contributed by atoms with Crippen molar-refractivity contribution >= 4 is 5.97 Å². The Morgan fingerprint density at radius 2 is 1.80 bits per heavy atom. The minimum Gasteiger partial charge on any atom is -0.478 e. The number of aryl methyl sites for hydroxylation is 2. The van der Waals surface area contributed by atoms with E-state index in [1.165, 1.54) is 17.5 Å². The van der Waals surface area contributed by atoms with Gasteiger partial charge in [-0.1, -0.05) is 36.4 Å². The average Bonchev–Trinajstić information content (AvgIpc) is 2.93. The average molecular weight is 268 g/mol. The molecule has 1 aliphatic carbocycles. The summed E-state index contributed by atoms with van der Waals surface area (Å²) in [5, 5.41) is 9.36. The van der Waals surface area contributed by atoms with E-state index in [0.29, 0.717) is 11.3 Å². The molecule has 0 radical (unpaired) electrons. The van der Waals surface area contributed by atoms with E-state index >= 15 is 0 Å². The first kappa shape index (κ1) is 12.7. The Hall–Kier alpha value is -2.29. The van der Waals surface area contributed by atoms with Crippen molar-refractivity contribution in [2.45, 2.75) is 25.4 Å². The predicted octanol–water partition coefficient (Wildman–Crippen LogP) is 3.38. The molecule has 102 valence electrons. The summed E-state index contributed by atoms with van der Waals surface area (Å²) >= 11 is 0. The third-order valence-corrected chi connectivity index (χ3v) is 3.65. The summed E-state index contributed by atoms with van der Waals surface area (Å²) in [6.45, 7) is 0. The van der Waals surface area contributed by atoms with Crippen LogP contribution in [0.3, 0.4) is 0 Å². The van der Waals surface area contributed by atoms with Gasteiger partial charge in [0.2, 0.25) is 6.10 Å². The summed E-state index contributed by atoms with van der Waals surface area (Å²) in [4.78, 5) is 11.4. The first-order valence-corrected chi connectivity index (χ1v) is 6.80. The monoisotopic (exact) mass is 268 g/mol. The molecule has 0 heterocycles. The molecule has 1 unspecified atom stereocenters. The zero-order chi connectivity index (χ0) is 13.9. The number of ether oxygens (including phenoxy) is 1. The highest BCUT2D eigenvalue weighted by Crippen LogP contribution is 2.29. The van der Waals surface area contributed by atoms with Crippen molar-refractivity contribution in [3.05, 3.63) is 65.2 Å². The van der Waals surface area contributed by atoms with Gasteiger partial charge >= 0.3 is 5.97 Å². The van der Waals surface area contributed by atoms with Crippen LogP contribution < -0.4 is 4.74 Å². The number of fused-ring (bicyclic) bond motifs is 1. The first-order chi connectivity index (χ1) is 9.74. The van der Waals surface area contributed by atoms with Crippen molar-refractivity contribution in [2.75, 3.05) is 0 Å². The highest BCUT2D eigenvalue weighted by molar-refractivity contribution is 5.74. The lowest BCUT2D eigenvalue weighted by atomic mass is 10.1. The minimum atomic E-state index is -0.975. The second-order valence-corrected chi connectivity index (χ2v) is 5.03. The highest BCUT2D eigenvalue weighted by Gasteiger charge is 2.22. The van der Waals surface area contributed by atoms with Crippen LogP contribution in [0.1, 0.15) is 29.2 Å². The molecule has 1 atom stereocenters. The molecule has 0 saturated heterocycles. The van der Waals surface area contributed by atoms with Crippen LogP contribution >= 0.6 is 0 Å². The fourth-order valence-electron chi connectivity index (χ4n) is 2.65. The maximum absolute atomic E-state index is 11.4. The van der Waals surface area contributed by atoms with Crippen molar-refractivity contribution in [1.29, 1.82) is 0 Å². The van der Waals surface area contributed by atoms with Crippen LogP contribution in [0.4, 0.5) is 0 Å². The number of carboxylic acid groups (broad SMARTS) is 1. The molecular weight excluding hydrogens is 252 g/mol. The van der Waals surface area contributed by atoms with Gasteiger partial charge in [0.05, 0.1) is 0 Å². The molecule has 1 N–H and O–H groups in total. The van der Waals surface area contributed by atoms with Crippen LogP contribution in [-0.2, 0) is 17.6 Å². The quantitative estimate of drug-likeness (QED) is 0.924. The molecule has 20 heavy (non-hydrogen) atoms.